The summed E-state index contributed by atoms with van der Waals surface area (Å²) in [5.74, 6) is -0.288. The van der Waals surface area contributed by atoms with Gasteiger partial charge in [0.1, 0.15) is 0 Å². The van der Waals surface area contributed by atoms with Gasteiger partial charge in [0, 0.05) is 16.7 Å². The maximum Gasteiger partial charge on any atom is 0.258 e. The molecule has 0 spiro atoms. The molecule has 1 amide bonds. The summed E-state index contributed by atoms with van der Waals surface area (Å²) in [6.07, 6.45) is 1.61. The summed E-state index contributed by atoms with van der Waals surface area (Å²) >= 11 is 0. The van der Waals surface area contributed by atoms with Gasteiger partial charge in [-0.15, -0.1) is 0 Å². The topological polar surface area (TPSA) is 54.5 Å². The van der Waals surface area contributed by atoms with E-state index in [0.717, 1.165) is 16.7 Å². The van der Waals surface area contributed by atoms with Crippen molar-refractivity contribution in [2.75, 3.05) is 10.7 Å². The van der Waals surface area contributed by atoms with Crippen molar-refractivity contribution in [1.82, 2.24) is 0 Å². The molecule has 0 aromatic heterocycles. The second-order valence-electron chi connectivity index (χ2n) is 8.57. The van der Waals surface area contributed by atoms with E-state index in [2.05, 4.69) is 20.8 Å². The van der Waals surface area contributed by atoms with Gasteiger partial charge >= 0.3 is 0 Å². The van der Waals surface area contributed by atoms with E-state index in [4.69, 9.17) is 0 Å². The Balaban J connectivity index is 2.03. The molecule has 2 aromatic carbocycles. The highest BCUT2D eigenvalue weighted by molar-refractivity contribution is 7.94. The molecule has 5 heteroatoms. The maximum absolute atomic E-state index is 13.4. The number of amides is 1. The van der Waals surface area contributed by atoms with E-state index in [0.29, 0.717) is 11.3 Å². The average molecular weight is 398 g/mol. The van der Waals surface area contributed by atoms with Gasteiger partial charge in [0.2, 0.25) is 0 Å². The van der Waals surface area contributed by atoms with Crippen molar-refractivity contribution in [2.45, 2.75) is 46.1 Å². The molecule has 1 atom stereocenters. The SMILES string of the molecule is Cc1cc(C)cc(N(C(=O)c2ccc(C(C)(C)C)cc2)[C@@H]2C=CS(=O)(=O)C2)c1. The Kier molecular flexibility index (Phi) is 5.24. The van der Waals surface area contributed by atoms with Crippen LogP contribution in [0.1, 0.15) is 47.8 Å². The van der Waals surface area contributed by atoms with Gasteiger partial charge in [0.15, 0.2) is 9.84 Å². The molecule has 0 fully saturated rings. The number of hydrogen-bond donors (Lipinski definition) is 0. The number of carbonyl (C=O) groups is 1. The molecule has 1 aliphatic heterocycles. The van der Waals surface area contributed by atoms with E-state index in [1.807, 2.05) is 56.3 Å². The molecule has 0 bridgehead atoms. The van der Waals surface area contributed by atoms with E-state index in [1.54, 1.807) is 11.0 Å². The van der Waals surface area contributed by atoms with Gasteiger partial charge in [0.25, 0.3) is 5.91 Å². The molecule has 28 heavy (non-hydrogen) atoms. The third-order valence-corrected chi connectivity index (χ3v) is 6.32. The van der Waals surface area contributed by atoms with Crippen LogP contribution in [-0.4, -0.2) is 26.1 Å². The summed E-state index contributed by atoms with van der Waals surface area (Å²) in [6, 6.07) is 13.0. The van der Waals surface area contributed by atoms with Crippen molar-refractivity contribution in [3.8, 4) is 0 Å². The fourth-order valence-corrected chi connectivity index (χ4v) is 4.79. The Hall–Kier alpha value is -2.40. The predicted molar refractivity (Wildman–Crippen MR) is 115 cm³/mol. The second-order valence-corrected chi connectivity index (χ2v) is 10.5. The van der Waals surface area contributed by atoms with Gasteiger partial charge in [-0.2, -0.15) is 0 Å². The van der Waals surface area contributed by atoms with Crippen LogP contribution in [0, 0.1) is 13.8 Å². The summed E-state index contributed by atoms with van der Waals surface area (Å²) in [4.78, 5) is 15.0. The first-order valence-electron chi connectivity index (χ1n) is 9.40. The predicted octanol–water partition coefficient (Wildman–Crippen LogP) is 4.56. The van der Waals surface area contributed by atoms with Gasteiger partial charge in [-0.1, -0.05) is 39.0 Å². The maximum atomic E-state index is 13.4. The molecule has 0 aliphatic carbocycles. The smallest absolute Gasteiger partial charge is 0.258 e. The summed E-state index contributed by atoms with van der Waals surface area (Å²) in [5.41, 5.74) is 4.46. The second kappa shape index (κ2) is 7.21. The third kappa shape index (κ3) is 4.36. The molecule has 0 N–H and O–H groups in total. The van der Waals surface area contributed by atoms with Crippen molar-refractivity contribution in [2.24, 2.45) is 0 Å². The average Bonchev–Trinajstić information content (AvgIpc) is 2.93. The van der Waals surface area contributed by atoms with Crippen LogP contribution in [-0.2, 0) is 15.3 Å². The first-order valence-corrected chi connectivity index (χ1v) is 11.1. The molecule has 148 valence electrons. The molecular weight excluding hydrogens is 370 g/mol. The molecule has 0 saturated heterocycles. The van der Waals surface area contributed by atoms with Gasteiger partial charge in [-0.25, -0.2) is 8.42 Å². The molecule has 0 saturated carbocycles. The van der Waals surface area contributed by atoms with Crippen LogP contribution in [0.3, 0.4) is 0 Å². The van der Waals surface area contributed by atoms with E-state index >= 15 is 0 Å². The number of nitrogens with zero attached hydrogens (tertiary/aromatic N) is 1. The molecule has 3 rings (SSSR count). The number of carbonyl (C=O) groups excluding carboxylic acids is 1. The molecule has 4 nitrogen and oxygen atoms in total. The van der Waals surface area contributed by atoms with E-state index < -0.39 is 15.9 Å². The van der Waals surface area contributed by atoms with Crippen molar-refractivity contribution >= 4 is 21.4 Å². The zero-order chi connectivity index (χ0) is 20.7. The Morgan fingerprint density at radius 2 is 1.57 bits per heavy atom. The lowest BCUT2D eigenvalue weighted by molar-refractivity contribution is 0.0983. The molecule has 2 aromatic rings. The highest BCUT2D eigenvalue weighted by Crippen LogP contribution is 2.28. The molecule has 0 unspecified atom stereocenters. The minimum atomic E-state index is -3.28. The van der Waals surface area contributed by atoms with Crippen molar-refractivity contribution < 1.29 is 13.2 Å². The number of aryl methyl sites for hydroxylation is 2. The summed E-state index contributed by atoms with van der Waals surface area (Å²) < 4.78 is 24.0. The Bertz CT molecular complexity index is 1010. The third-order valence-electron chi connectivity index (χ3n) is 4.94. The lowest BCUT2D eigenvalue weighted by Gasteiger charge is -2.29. The largest absolute Gasteiger partial charge is 0.300 e. The van der Waals surface area contributed by atoms with Crippen LogP contribution in [0.25, 0.3) is 0 Å². The quantitative estimate of drug-likeness (QED) is 0.763. The lowest BCUT2D eigenvalue weighted by atomic mass is 9.86. The Morgan fingerprint density at radius 1 is 1.00 bits per heavy atom. The first-order chi connectivity index (χ1) is 13.0. The van der Waals surface area contributed by atoms with Crippen LogP contribution >= 0.6 is 0 Å². The molecule has 1 aliphatic rings. The number of benzene rings is 2. The summed E-state index contributed by atoms with van der Waals surface area (Å²) in [5, 5.41) is 1.21. The molecule has 1 heterocycles. The standard InChI is InChI=1S/C23H27NO3S/c1-16-12-17(2)14-21(13-16)24(20-10-11-28(26,27)15-20)22(25)18-6-8-19(9-7-18)23(3,4)5/h6-14,20H,15H2,1-5H3/t20-/m1/s1. The minimum Gasteiger partial charge on any atom is -0.300 e. The van der Waals surface area contributed by atoms with E-state index in [9.17, 15) is 13.2 Å². The van der Waals surface area contributed by atoms with Crippen LogP contribution in [0.5, 0.6) is 0 Å². The summed E-state index contributed by atoms with van der Waals surface area (Å²) in [6.45, 7) is 10.3. The fraction of sp³-hybridized carbons (Fsp3) is 0.348. The zero-order valence-electron chi connectivity index (χ0n) is 17.1. The van der Waals surface area contributed by atoms with E-state index in [1.165, 1.54) is 5.41 Å². The van der Waals surface area contributed by atoms with Gasteiger partial charge in [-0.3, -0.25) is 4.79 Å². The van der Waals surface area contributed by atoms with Gasteiger partial charge in [-0.05, 0) is 66.3 Å². The highest BCUT2D eigenvalue weighted by Gasteiger charge is 2.32. The van der Waals surface area contributed by atoms with Gasteiger partial charge < -0.3 is 4.90 Å². The van der Waals surface area contributed by atoms with Crippen LogP contribution < -0.4 is 4.90 Å². The van der Waals surface area contributed by atoms with Crippen LogP contribution in [0.15, 0.2) is 53.9 Å². The van der Waals surface area contributed by atoms with Crippen molar-refractivity contribution in [3.63, 3.8) is 0 Å². The number of sulfone groups is 1. The molecule has 0 radical (unpaired) electrons. The van der Waals surface area contributed by atoms with E-state index in [-0.39, 0.29) is 17.1 Å². The van der Waals surface area contributed by atoms with Gasteiger partial charge in [0.05, 0.1) is 11.8 Å². The number of rotatable bonds is 3. The molecular formula is C23H27NO3S. The Morgan fingerprint density at radius 3 is 2.04 bits per heavy atom. The fourth-order valence-electron chi connectivity index (χ4n) is 3.52. The summed E-state index contributed by atoms with van der Waals surface area (Å²) in [7, 11) is -3.28. The van der Waals surface area contributed by atoms with Crippen molar-refractivity contribution in [1.29, 1.82) is 0 Å². The Labute approximate surface area is 167 Å². The number of anilines is 1. The normalized spacial score (nSPS) is 18.2. The monoisotopic (exact) mass is 397 g/mol. The minimum absolute atomic E-state index is 0.00279. The van der Waals surface area contributed by atoms with Crippen LogP contribution in [0.2, 0.25) is 0 Å². The zero-order valence-corrected chi connectivity index (χ0v) is 17.9. The van der Waals surface area contributed by atoms with Crippen LogP contribution in [0.4, 0.5) is 5.69 Å². The lowest BCUT2D eigenvalue weighted by Crippen LogP contribution is -2.41. The highest BCUT2D eigenvalue weighted by atomic mass is 32.2. The van der Waals surface area contributed by atoms with Crippen molar-refractivity contribution in [3.05, 3.63) is 76.2 Å². The first kappa shape index (κ1) is 20.3. The number of hydrogen-bond acceptors (Lipinski definition) is 3.